The van der Waals surface area contributed by atoms with Gasteiger partial charge in [0.1, 0.15) is 0 Å². The summed E-state index contributed by atoms with van der Waals surface area (Å²) in [6.07, 6.45) is 0. The lowest BCUT2D eigenvalue weighted by Gasteiger charge is -2.09. The lowest BCUT2D eigenvalue weighted by atomic mass is 10.1. The van der Waals surface area contributed by atoms with Crippen LogP contribution < -0.4 is 11.1 Å². The number of anilines is 2. The SMILES string of the molecule is COC(=O)c1cccc(NC(=O)c2ccc(Br)cc2N)c1. The Labute approximate surface area is 130 Å². The highest BCUT2D eigenvalue weighted by Gasteiger charge is 2.12. The summed E-state index contributed by atoms with van der Waals surface area (Å²) in [5, 5.41) is 2.70. The summed E-state index contributed by atoms with van der Waals surface area (Å²) in [6, 6.07) is 11.5. The molecular formula is C15H13BrN2O3. The molecule has 0 radical (unpaired) electrons. The number of nitrogens with two attached hydrogens (primary N) is 1. The van der Waals surface area contributed by atoms with Gasteiger partial charge in [0.05, 0.1) is 18.2 Å². The van der Waals surface area contributed by atoms with Gasteiger partial charge in [-0.3, -0.25) is 4.79 Å². The maximum Gasteiger partial charge on any atom is 0.337 e. The van der Waals surface area contributed by atoms with Crippen LogP contribution in [0.25, 0.3) is 0 Å². The summed E-state index contributed by atoms with van der Waals surface area (Å²) in [5.41, 5.74) is 7.39. The van der Waals surface area contributed by atoms with Crippen LogP contribution in [0, 0.1) is 0 Å². The minimum atomic E-state index is -0.464. The van der Waals surface area contributed by atoms with Crippen LogP contribution >= 0.6 is 15.9 Å². The van der Waals surface area contributed by atoms with Gasteiger partial charge in [-0.2, -0.15) is 0 Å². The number of hydrogen-bond acceptors (Lipinski definition) is 4. The number of carbonyl (C=O) groups is 2. The number of halogens is 1. The summed E-state index contributed by atoms with van der Waals surface area (Å²) < 4.78 is 5.43. The van der Waals surface area contributed by atoms with Gasteiger partial charge >= 0.3 is 5.97 Å². The summed E-state index contributed by atoms with van der Waals surface area (Å²) in [7, 11) is 1.30. The van der Waals surface area contributed by atoms with Crippen LogP contribution in [0.3, 0.4) is 0 Å². The molecule has 0 aliphatic heterocycles. The molecule has 0 aromatic heterocycles. The molecule has 0 atom stereocenters. The second kappa shape index (κ2) is 6.41. The number of benzene rings is 2. The van der Waals surface area contributed by atoms with Crippen molar-refractivity contribution >= 4 is 39.2 Å². The van der Waals surface area contributed by atoms with Crippen LogP contribution in [0.4, 0.5) is 11.4 Å². The third kappa shape index (κ3) is 3.61. The van der Waals surface area contributed by atoms with Crippen molar-refractivity contribution in [1.29, 1.82) is 0 Å². The summed E-state index contributed by atoms with van der Waals surface area (Å²) in [4.78, 5) is 23.6. The number of hydrogen-bond donors (Lipinski definition) is 2. The molecule has 2 aromatic carbocycles. The molecule has 3 N–H and O–H groups in total. The summed E-state index contributed by atoms with van der Waals surface area (Å²) >= 11 is 3.28. The maximum atomic E-state index is 12.2. The van der Waals surface area contributed by atoms with Crippen molar-refractivity contribution in [2.45, 2.75) is 0 Å². The first-order valence-electron chi connectivity index (χ1n) is 6.06. The summed E-state index contributed by atoms with van der Waals surface area (Å²) in [6.45, 7) is 0. The van der Waals surface area contributed by atoms with Crippen LogP contribution in [-0.4, -0.2) is 19.0 Å². The molecule has 0 heterocycles. The molecule has 2 aromatic rings. The lowest BCUT2D eigenvalue weighted by molar-refractivity contribution is 0.0600. The molecule has 108 valence electrons. The minimum absolute atomic E-state index is 0.345. The van der Waals surface area contributed by atoms with Gasteiger partial charge in [-0.15, -0.1) is 0 Å². The predicted molar refractivity (Wildman–Crippen MR) is 84.3 cm³/mol. The van der Waals surface area contributed by atoms with Crippen molar-refractivity contribution in [3.05, 3.63) is 58.1 Å². The van der Waals surface area contributed by atoms with E-state index < -0.39 is 5.97 Å². The van der Waals surface area contributed by atoms with Crippen molar-refractivity contribution in [2.24, 2.45) is 0 Å². The predicted octanol–water partition coefficient (Wildman–Crippen LogP) is 3.07. The Morgan fingerprint density at radius 3 is 2.62 bits per heavy atom. The van der Waals surface area contributed by atoms with Gasteiger partial charge in [0.15, 0.2) is 0 Å². The molecule has 0 saturated heterocycles. The number of nitrogens with one attached hydrogen (secondary N) is 1. The smallest absolute Gasteiger partial charge is 0.337 e. The fourth-order valence-corrected chi connectivity index (χ4v) is 2.16. The van der Waals surface area contributed by atoms with E-state index >= 15 is 0 Å². The molecule has 21 heavy (non-hydrogen) atoms. The molecule has 1 amide bonds. The van der Waals surface area contributed by atoms with E-state index in [1.807, 2.05) is 0 Å². The number of ether oxygens (including phenoxy) is 1. The fourth-order valence-electron chi connectivity index (χ4n) is 1.78. The Bertz CT molecular complexity index is 701. The monoisotopic (exact) mass is 348 g/mol. The van der Waals surface area contributed by atoms with E-state index in [-0.39, 0.29) is 5.91 Å². The van der Waals surface area contributed by atoms with E-state index in [1.54, 1.807) is 42.5 Å². The Balaban J connectivity index is 2.21. The third-order valence-corrected chi connectivity index (χ3v) is 3.29. The topological polar surface area (TPSA) is 81.4 Å². The van der Waals surface area contributed by atoms with Gasteiger partial charge in [-0.05, 0) is 36.4 Å². The highest BCUT2D eigenvalue weighted by atomic mass is 79.9. The van der Waals surface area contributed by atoms with Crippen molar-refractivity contribution in [1.82, 2.24) is 0 Å². The number of esters is 1. The van der Waals surface area contributed by atoms with Crippen molar-refractivity contribution in [3.63, 3.8) is 0 Å². The number of rotatable bonds is 3. The maximum absolute atomic E-state index is 12.2. The molecule has 0 unspecified atom stereocenters. The molecule has 0 spiro atoms. The lowest BCUT2D eigenvalue weighted by Crippen LogP contribution is -2.14. The van der Waals surface area contributed by atoms with Crippen LogP contribution in [0.2, 0.25) is 0 Å². The molecule has 0 aliphatic rings. The van der Waals surface area contributed by atoms with Crippen LogP contribution in [-0.2, 0) is 4.74 Å². The van der Waals surface area contributed by atoms with E-state index in [0.717, 1.165) is 4.47 Å². The first-order chi connectivity index (χ1) is 10.0. The Morgan fingerprint density at radius 2 is 1.95 bits per heavy atom. The minimum Gasteiger partial charge on any atom is -0.465 e. The number of carbonyl (C=O) groups excluding carboxylic acids is 2. The zero-order valence-electron chi connectivity index (χ0n) is 11.2. The molecule has 0 saturated carbocycles. The van der Waals surface area contributed by atoms with E-state index in [2.05, 4.69) is 26.0 Å². The van der Waals surface area contributed by atoms with E-state index in [4.69, 9.17) is 5.73 Å². The van der Waals surface area contributed by atoms with Gasteiger partial charge in [0.2, 0.25) is 0 Å². The van der Waals surface area contributed by atoms with Crippen LogP contribution in [0.1, 0.15) is 20.7 Å². The van der Waals surface area contributed by atoms with Crippen LogP contribution in [0.5, 0.6) is 0 Å². The van der Waals surface area contributed by atoms with Gasteiger partial charge in [-0.25, -0.2) is 4.79 Å². The fraction of sp³-hybridized carbons (Fsp3) is 0.0667. The zero-order valence-corrected chi connectivity index (χ0v) is 12.8. The Morgan fingerprint density at radius 1 is 1.19 bits per heavy atom. The number of methoxy groups -OCH3 is 1. The molecule has 0 fully saturated rings. The van der Waals surface area contributed by atoms with E-state index in [9.17, 15) is 9.59 Å². The molecule has 6 heteroatoms. The zero-order chi connectivity index (χ0) is 15.4. The van der Waals surface area contributed by atoms with Crippen molar-refractivity contribution in [2.75, 3.05) is 18.2 Å². The second-order valence-electron chi connectivity index (χ2n) is 4.26. The Hall–Kier alpha value is -2.34. The molecule has 5 nitrogen and oxygen atoms in total. The van der Waals surface area contributed by atoms with Crippen molar-refractivity contribution in [3.8, 4) is 0 Å². The van der Waals surface area contributed by atoms with E-state index in [0.29, 0.717) is 22.5 Å². The highest BCUT2D eigenvalue weighted by Crippen LogP contribution is 2.20. The normalized spacial score (nSPS) is 10.0. The van der Waals surface area contributed by atoms with E-state index in [1.165, 1.54) is 7.11 Å². The average Bonchev–Trinajstić information content (AvgIpc) is 2.46. The van der Waals surface area contributed by atoms with Crippen LogP contribution in [0.15, 0.2) is 46.9 Å². The number of amides is 1. The van der Waals surface area contributed by atoms with Gasteiger partial charge in [0.25, 0.3) is 5.91 Å². The quantitative estimate of drug-likeness (QED) is 0.659. The molecule has 2 rings (SSSR count). The van der Waals surface area contributed by atoms with Crippen molar-refractivity contribution < 1.29 is 14.3 Å². The largest absolute Gasteiger partial charge is 0.465 e. The van der Waals surface area contributed by atoms with Gasteiger partial charge < -0.3 is 15.8 Å². The van der Waals surface area contributed by atoms with Gasteiger partial charge in [-0.1, -0.05) is 22.0 Å². The summed E-state index contributed by atoms with van der Waals surface area (Å²) in [5.74, 6) is -0.809. The highest BCUT2D eigenvalue weighted by molar-refractivity contribution is 9.10. The molecule has 0 bridgehead atoms. The van der Waals surface area contributed by atoms with Gasteiger partial charge in [0, 0.05) is 15.8 Å². The standard InChI is InChI=1S/C15H13BrN2O3/c1-21-15(20)9-3-2-4-11(7-9)18-14(19)12-6-5-10(16)8-13(12)17/h2-8H,17H2,1H3,(H,18,19). The first kappa shape index (κ1) is 15.1. The average molecular weight is 349 g/mol. The molecular weight excluding hydrogens is 336 g/mol. The second-order valence-corrected chi connectivity index (χ2v) is 5.17. The third-order valence-electron chi connectivity index (χ3n) is 2.80. The number of nitrogen functional groups attached to an aromatic ring is 1. The molecule has 0 aliphatic carbocycles. The first-order valence-corrected chi connectivity index (χ1v) is 6.85. The Kier molecular flexibility index (Phi) is 4.59.